The lowest BCUT2D eigenvalue weighted by atomic mass is 9.96. The SMILES string of the molecule is COC(=O)CN(C)C(=O)C1CCC(=O)N(CCN(C)C)C1. The Hall–Kier alpha value is -1.63. The van der Waals surface area contributed by atoms with Gasteiger partial charge < -0.3 is 19.4 Å². The van der Waals surface area contributed by atoms with Crippen LogP contribution in [-0.4, -0.2) is 86.9 Å². The third kappa shape index (κ3) is 5.34. The van der Waals surface area contributed by atoms with Gasteiger partial charge in [-0.15, -0.1) is 0 Å². The second kappa shape index (κ2) is 7.97. The maximum Gasteiger partial charge on any atom is 0.325 e. The summed E-state index contributed by atoms with van der Waals surface area (Å²) in [6.45, 7) is 1.76. The number of carbonyl (C=O) groups excluding carboxylic acids is 3. The molecule has 1 fully saturated rings. The molecular formula is C14H25N3O4. The van der Waals surface area contributed by atoms with E-state index in [4.69, 9.17) is 0 Å². The van der Waals surface area contributed by atoms with Crippen molar-refractivity contribution in [2.24, 2.45) is 5.92 Å². The van der Waals surface area contributed by atoms with E-state index in [-0.39, 0.29) is 24.3 Å². The molecule has 0 bridgehead atoms. The van der Waals surface area contributed by atoms with Crippen LogP contribution in [0.1, 0.15) is 12.8 Å². The molecule has 0 aromatic heterocycles. The smallest absolute Gasteiger partial charge is 0.325 e. The van der Waals surface area contributed by atoms with Crippen LogP contribution in [0.2, 0.25) is 0 Å². The Morgan fingerprint density at radius 1 is 1.33 bits per heavy atom. The van der Waals surface area contributed by atoms with Crippen molar-refractivity contribution in [2.75, 3.05) is 54.4 Å². The highest BCUT2D eigenvalue weighted by molar-refractivity contribution is 5.86. The number of esters is 1. The lowest BCUT2D eigenvalue weighted by Gasteiger charge is -2.34. The van der Waals surface area contributed by atoms with Crippen LogP contribution in [0.15, 0.2) is 0 Å². The summed E-state index contributed by atoms with van der Waals surface area (Å²) in [5.41, 5.74) is 0. The van der Waals surface area contributed by atoms with E-state index >= 15 is 0 Å². The highest BCUT2D eigenvalue weighted by atomic mass is 16.5. The molecule has 1 atom stereocenters. The summed E-state index contributed by atoms with van der Waals surface area (Å²) in [5, 5.41) is 0. The van der Waals surface area contributed by atoms with E-state index in [1.54, 1.807) is 11.9 Å². The Morgan fingerprint density at radius 3 is 2.57 bits per heavy atom. The van der Waals surface area contributed by atoms with Crippen LogP contribution >= 0.6 is 0 Å². The molecule has 0 aromatic carbocycles. The van der Waals surface area contributed by atoms with Gasteiger partial charge in [0.2, 0.25) is 11.8 Å². The largest absolute Gasteiger partial charge is 0.468 e. The van der Waals surface area contributed by atoms with E-state index in [2.05, 4.69) is 4.74 Å². The summed E-state index contributed by atoms with van der Waals surface area (Å²) in [6, 6.07) is 0. The first kappa shape index (κ1) is 17.4. The number of methoxy groups -OCH3 is 1. The highest BCUT2D eigenvalue weighted by Crippen LogP contribution is 2.19. The van der Waals surface area contributed by atoms with Gasteiger partial charge in [0.1, 0.15) is 6.54 Å². The fourth-order valence-electron chi connectivity index (χ4n) is 2.30. The number of ether oxygens (including phenoxy) is 1. The van der Waals surface area contributed by atoms with Gasteiger partial charge in [0.15, 0.2) is 0 Å². The van der Waals surface area contributed by atoms with Gasteiger partial charge >= 0.3 is 5.97 Å². The molecule has 21 heavy (non-hydrogen) atoms. The molecule has 0 saturated carbocycles. The first-order valence-corrected chi connectivity index (χ1v) is 7.09. The van der Waals surface area contributed by atoms with E-state index in [9.17, 15) is 14.4 Å². The monoisotopic (exact) mass is 299 g/mol. The van der Waals surface area contributed by atoms with Crippen LogP contribution in [0.5, 0.6) is 0 Å². The molecule has 1 rings (SSSR count). The second-order valence-corrected chi connectivity index (χ2v) is 5.65. The van der Waals surface area contributed by atoms with Crippen molar-refractivity contribution in [3.05, 3.63) is 0 Å². The number of hydrogen-bond donors (Lipinski definition) is 0. The number of hydrogen-bond acceptors (Lipinski definition) is 5. The van der Waals surface area contributed by atoms with E-state index < -0.39 is 5.97 Å². The van der Waals surface area contributed by atoms with Crippen molar-refractivity contribution in [2.45, 2.75) is 12.8 Å². The van der Waals surface area contributed by atoms with Gasteiger partial charge in [0.25, 0.3) is 0 Å². The Balaban J connectivity index is 2.56. The number of likely N-dealkylation sites (N-methyl/N-ethyl adjacent to an activating group) is 2. The van der Waals surface area contributed by atoms with Crippen LogP contribution in [0.4, 0.5) is 0 Å². The molecule has 0 N–H and O–H groups in total. The molecule has 1 aliphatic rings. The zero-order chi connectivity index (χ0) is 16.0. The predicted octanol–water partition coefficient (Wildman–Crippen LogP) is -0.582. The number of likely N-dealkylation sites (tertiary alicyclic amines) is 1. The standard InChI is InChI=1S/C14H25N3O4/c1-15(2)7-8-17-9-11(5-6-12(17)18)14(20)16(3)10-13(19)21-4/h11H,5-10H2,1-4H3. The molecule has 1 unspecified atom stereocenters. The van der Waals surface area contributed by atoms with E-state index in [0.29, 0.717) is 25.9 Å². The molecule has 0 spiro atoms. The van der Waals surface area contributed by atoms with Gasteiger partial charge in [-0.25, -0.2) is 0 Å². The third-order valence-electron chi connectivity index (χ3n) is 3.64. The lowest BCUT2D eigenvalue weighted by Crippen LogP contribution is -2.48. The molecule has 7 nitrogen and oxygen atoms in total. The summed E-state index contributed by atoms with van der Waals surface area (Å²) >= 11 is 0. The van der Waals surface area contributed by atoms with Crippen molar-refractivity contribution in [1.29, 1.82) is 0 Å². The molecule has 7 heteroatoms. The fraction of sp³-hybridized carbons (Fsp3) is 0.786. The summed E-state index contributed by atoms with van der Waals surface area (Å²) in [6.07, 6.45) is 0.928. The normalized spacial score (nSPS) is 18.8. The predicted molar refractivity (Wildman–Crippen MR) is 77.5 cm³/mol. The molecular weight excluding hydrogens is 274 g/mol. The first-order chi connectivity index (χ1) is 9.85. The topological polar surface area (TPSA) is 70.2 Å². The molecule has 0 aliphatic carbocycles. The minimum absolute atomic E-state index is 0.0581. The van der Waals surface area contributed by atoms with Gasteiger partial charge in [-0.1, -0.05) is 0 Å². The summed E-state index contributed by atoms with van der Waals surface area (Å²) in [4.78, 5) is 40.5. The van der Waals surface area contributed by atoms with E-state index in [1.165, 1.54) is 12.0 Å². The average Bonchev–Trinajstić information content (AvgIpc) is 2.45. The van der Waals surface area contributed by atoms with Crippen molar-refractivity contribution >= 4 is 17.8 Å². The van der Waals surface area contributed by atoms with Crippen LogP contribution < -0.4 is 0 Å². The first-order valence-electron chi connectivity index (χ1n) is 7.09. The van der Waals surface area contributed by atoms with Crippen molar-refractivity contribution < 1.29 is 19.1 Å². The van der Waals surface area contributed by atoms with E-state index in [1.807, 2.05) is 19.0 Å². The average molecular weight is 299 g/mol. The lowest BCUT2D eigenvalue weighted by molar-refractivity contribution is -0.149. The minimum atomic E-state index is -0.442. The minimum Gasteiger partial charge on any atom is -0.468 e. The highest BCUT2D eigenvalue weighted by Gasteiger charge is 2.32. The molecule has 0 aromatic rings. The maximum absolute atomic E-state index is 12.3. The fourth-order valence-corrected chi connectivity index (χ4v) is 2.30. The number of piperidine rings is 1. The Labute approximate surface area is 125 Å². The summed E-state index contributed by atoms with van der Waals surface area (Å²) in [5.74, 6) is -0.694. The Bertz CT molecular complexity index is 398. The maximum atomic E-state index is 12.3. The van der Waals surface area contributed by atoms with Crippen molar-refractivity contribution in [3.63, 3.8) is 0 Å². The van der Waals surface area contributed by atoms with Crippen molar-refractivity contribution in [3.8, 4) is 0 Å². The third-order valence-corrected chi connectivity index (χ3v) is 3.64. The van der Waals surface area contributed by atoms with Gasteiger partial charge in [0, 0.05) is 33.1 Å². The summed E-state index contributed by atoms with van der Waals surface area (Å²) in [7, 11) is 6.77. The zero-order valence-electron chi connectivity index (χ0n) is 13.3. The quantitative estimate of drug-likeness (QED) is 0.614. The number of amides is 2. The van der Waals surface area contributed by atoms with Crippen molar-refractivity contribution in [1.82, 2.24) is 14.7 Å². The van der Waals surface area contributed by atoms with Crippen LogP contribution in [0.3, 0.4) is 0 Å². The van der Waals surface area contributed by atoms with Gasteiger partial charge in [0.05, 0.1) is 13.0 Å². The Kier molecular flexibility index (Phi) is 6.61. The molecule has 1 heterocycles. The van der Waals surface area contributed by atoms with Crippen LogP contribution in [0, 0.1) is 5.92 Å². The second-order valence-electron chi connectivity index (χ2n) is 5.65. The molecule has 1 saturated heterocycles. The van der Waals surface area contributed by atoms with Gasteiger partial charge in [-0.2, -0.15) is 0 Å². The molecule has 1 aliphatic heterocycles. The van der Waals surface area contributed by atoms with Crippen LogP contribution in [-0.2, 0) is 19.1 Å². The Morgan fingerprint density at radius 2 is 2.00 bits per heavy atom. The number of carbonyl (C=O) groups is 3. The molecule has 120 valence electrons. The summed E-state index contributed by atoms with van der Waals surface area (Å²) < 4.78 is 4.56. The van der Waals surface area contributed by atoms with Gasteiger partial charge in [-0.05, 0) is 20.5 Å². The molecule has 0 radical (unpaired) electrons. The number of rotatable bonds is 6. The number of nitrogens with zero attached hydrogens (tertiary/aromatic N) is 3. The van der Waals surface area contributed by atoms with Crippen LogP contribution in [0.25, 0.3) is 0 Å². The van der Waals surface area contributed by atoms with Gasteiger partial charge in [-0.3, -0.25) is 14.4 Å². The molecule has 2 amide bonds. The zero-order valence-corrected chi connectivity index (χ0v) is 13.3. The van der Waals surface area contributed by atoms with E-state index in [0.717, 1.165) is 6.54 Å².